The van der Waals surface area contributed by atoms with E-state index in [1.54, 1.807) is 11.0 Å². The van der Waals surface area contributed by atoms with E-state index in [9.17, 15) is 0 Å². The van der Waals surface area contributed by atoms with Gasteiger partial charge in [0.2, 0.25) is 0 Å². The summed E-state index contributed by atoms with van der Waals surface area (Å²) in [5, 5.41) is 7.64. The zero-order valence-electron chi connectivity index (χ0n) is 14.6. The minimum Gasteiger partial charge on any atom is -0.487 e. The quantitative estimate of drug-likeness (QED) is 0.778. The summed E-state index contributed by atoms with van der Waals surface area (Å²) in [5.41, 5.74) is 4.78. The maximum atomic E-state index is 5.93. The third-order valence-electron chi connectivity index (χ3n) is 4.41. The van der Waals surface area contributed by atoms with Crippen LogP contribution in [0.5, 0.6) is 5.75 Å². The van der Waals surface area contributed by atoms with Crippen LogP contribution in [0.1, 0.15) is 30.5 Å². The highest BCUT2D eigenvalue weighted by atomic mass is 16.5. The van der Waals surface area contributed by atoms with Crippen molar-refractivity contribution in [2.45, 2.75) is 39.0 Å². The Morgan fingerprint density at radius 3 is 2.60 bits per heavy atom. The van der Waals surface area contributed by atoms with Crippen molar-refractivity contribution in [1.29, 1.82) is 0 Å². The van der Waals surface area contributed by atoms with Gasteiger partial charge < -0.3 is 10.1 Å². The van der Waals surface area contributed by atoms with Gasteiger partial charge in [0.05, 0.1) is 5.69 Å². The largest absolute Gasteiger partial charge is 0.487 e. The number of aromatic nitrogens is 3. The van der Waals surface area contributed by atoms with Crippen molar-refractivity contribution < 1.29 is 4.74 Å². The summed E-state index contributed by atoms with van der Waals surface area (Å²) in [6.07, 6.45) is 4.21. The smallest absolute Gasteiger partial charge is 0.138 e. The molecule has 1 N–H and O–H groups in total. The second-order valence-corrected chi connectivity index (χ2v) is 7.09. The normalized spacial score (nSPS) is 15.0. The minimum atomic E-state index is -0.0831. The average Bonchev–Trinajstić information content (AvgIpc) is 3.21. The van der Waals surface area contributed by atoms with Crippen molar-refractivity contribution in [2.24, 2.45) is 0 Å². The molecule has 128 valence electrons. The van der Waals surface area contributed by atoms with Gasteiger partial charge in [-0.2, -0.15) is 5.10 Å². The van der Waals surface area contributed by atoms with Crippen LogP contribution in [-0.2, 0) is 19.5 Å². The maximum absolute atomic E-state index is 5.93. The van der Waals surface area contributed by atoms with E-state index in [2.05, 4.69) is 71.7 Å². The molecule has 5 heteroatoms. The number of ether oxygens (including phenoxy) is 1. The lowest BCUT2D eigenvalue weighted by Gasteiger charge is -2.16. The monoisotopic (exact) mass is 334 g/mol. The standard InChI is InChI=1S/C20H22N4O/c1-20(2)10-17-9-16(5-8-19(17)25-20)12-21-11-15-3-6-18(7-4-15)24-14-22-13-23-24/h3-9,13-14,21H,10-12H2,1-2H3. The van der Waals surface area contributed by atoms with Crippen molar-refractivity contribution >= 4 is 0 Å². The first-order valence-corrected chi connectivity index (χ1v) is 8.55. The Balaban J connectivity index is 1.34. The molecule has 1 aliphatic heterocycles. The van der Waals surface area contributed by atoms with E-state index in [4.69, 9.17) is 4.74 Å². The molecular formula is C20H22N4O. The Morgan fingerprint density at radius 2 is 1.84 bits per heavy atom. The predicted octanol–water partition coefficient (Wildman–Crippen LogP) is 3.27. The van der Waals surface area contributed by atoms with Gasteiger partial charge in [-0.05, 0) is 48.7 Å². The number of fused-ring (bicyclic) bond motifs is 1. The SMILES string of the molecule is CC1(C)Cc2cc(CNCc3ccc(-n4cncn4)cc3)ccc2O1. The number of benzene rings is 2. The molecule has 0 bridgehead atoms. The average molecular weight is 334 g/mol. The number of hydrogen-bond acceptors (Lipinski definition) is 4. The molecule has 0 aliphatic carbocycles. The van der Waals surface area contributed by atoms with Crippen molar-refractivity contribution in [1.82, 2.24) is 20.1 Å². The molecule has 2 heterocycles. The molecule has 0 spiro atoms. The van der Waals surface area contributed by atoms with Crippen LogP contribution in [0.4, 0.5) is 0 Å². The third-order valence-corrected chi connectivity index (χ3v) is 4.41. The number of rotatable bonds is 5. The molecule has 4 rings (SSSR count). The molecule has 0 unspecified atom stereocenters. The molecule has 0 radical (unpaired) electrons. The highest BCUT2D eigenvalue weighted by Crippen LogP contribution is 2.35. The highest BCUT2D eigenvalue weighted by Gasteiger charge is 2.29. The lowest BCUT2D eigenvalue weighted by molar-refractivity contribution is 0.138. The van der Waals surface area contributed by atoms with Crippen LogP contribution < -0.4 is 10.1 Å². The fourth-order valence-corrected chi connectivity index (χ4v) is 3.23. The molecule has 0 atom stereocenters. The van der Waals surface area contributed by atoms with E-state index < -0.39 is 0 Å². The molecule has 2 aromatic carbocycles. The molecule has 0 saturated carbocycles. The summed E-state index contributed by atoms with van der Waals surface area (Å²) >= 11 is 0. The molecular weight excluding hydrogens is 312 g/mol. The van der Waals surface area contributed by atoms with Crippen LogP contribution in [0.2, 0.25) is 0 Å². The van der Waals surface area contributed by atoms with Gasteiger partial charge in [0, 0.05) is 19.5 Å². The van der Waals surface area contributed by atoms with E-state index in [1.807, 2.05) is 0 Å². The first-order valence-electron chi connectivity index (χ1n) is 8.55. The molecule has 0 fully saturated rings. The molecule has 5 nitrogen and oxygen atoms in total. The second-order valence-electron chi connectivity index (χ2n) is 7.09. The number of nitrogens with one attached hydrogen (secondary N) is 1. The summed E-state index contributed by atoms with van der Waals surface area (Å²) in [6.45, 7) is 5.94. The van der Waals surface area contributed by atoms with Crippen LogP contribution in [0.3, 0.4) is 0 Å². The third kappa shape index (κ3) is 3.56. The summed E-state index contributed by atoms with van der Waals surface area (Å²) in [6, 6.07) is 14.8. The number of nitrogens with zero attached hydrogens (tertiary/aromatic N) is 3. The van der Waals surface area contributed by atoms with E-state index >= 15 is 0 Å². The summed E-state index contributed by atoms with van der Waals surface area (Å²) in [7, 11) is 0. The van der Waals surface area contributed by atoms with Gasteiger partial charge >= 0.3 is 0 Å². The van der Waals surface area contributed by atoms with Crippen LogP contribution in [0.15, 0.2) is 55.1 Å². The van der Waals surface area contributed by atoms with Crippen molar-refractivity contribution in [2.75, 3.05) is 0 Å². The van der Waals surface area contributed by atoms with Gasteiger partial charge in [-0.25, -0.2) is 9.67 Å². The maximum Gasteiger partial charge on any atom is 0.138 e. The zero-order chi connectivity index (χ0) is 17.3. The van der Waals surface area contributed by atoms with E-state index in [0.717, 1.165) is 30.9 Å². The van der Waals surface area contributed by atoms with Gasteiger partial charge in [0.25, 0.3) is 0 Å². The van der Waals surface area contributed by atoms with Crippen molar-refractivity contribution in [3.05, 3.63) is 71.8 Å². The van der Waals surface area contributed by atoms with Crippen molar-refractivity contribution in [3.8, 4) is 11.4 Å². The van der Waals surface area contributed by atoms with Crippen LogP contribution in [0.25, 0.3) is 5.69 Å². The summed E-state index contributed by atoms with van der Waals surface area (Å²) in [5.74, 6) is 1.03. The van der Waals surface area contributed by atoms with Gasteiger partial charge in [0.15, 0.2) is 0 Å². The minimum absolute atomic E-state index is 0.0831. The summed E-state index contributed by atoms with van der Waals surface area (Å²) in [4.78, 5) is 3.97. The zero-order valence-corrected chi connectivity index (χ0v) is 14.6. The molecule has 0 amide bonds. The van der Waals surface area contributed by atoms with Gasteiger partial charge in [-0.3, -0.25) is 0 Å². The van der Waals surface area contributed by atoms with Gasteiger partial charge in [0.1, 0.15) is 24.0 Å². The Labute approximate surface area is 147 Å². The molecule has 3 aromatic rings. The van der Waals surface area contributed by atoms with Crippen LogP contribution in [-0.4, -0.2) is 20.4 Å². The van der Waals surface area contributed by atoms with Crippen molar-refractivity contribution in [3.63, 3.8) is 0 Å². The topological polar surface area (TPSA) is 52.0 Å². The van der Waals surface area contributed by atoms with E-state index in [1.165, 1.54) is 23.0 Å². The molecule has 0 saturated heterocycles. The molecule has 1 aliphatic rings. The highest BCUT2D eigenvalue weighted by molar-refractivity contribution is 5.41. The molecule has 25 heavy (non-hydrogen) atoms. The van der Waals surface area contributed by atoms with Gasteiger partial charge in [-0.15, -0.1) is 0 Å². The summed E-state index contributed by atoms with van der Waals surface area (Å²) < 4.78 is 7.69. The van der Waals surface area contributed by atoms with Crippen LogP contribution in [0, 0.1) is 0 Å². The van der Waals surface area contributed by atoms with E-state index in [0.29, 0.717) is 0 Å². The lowest BCUT2D eigenvalue weighted by Crippen LogP contribution is -2.24. The Bertz CT molecular complexity index is 854. The second kappa shape index (κ2) is 6.33. The first kappa shape index (κ1) is 15.8. The Kier molecular flexibility index (Phi) is 4.01. The lowest BCUT2D eigenvalue weighted by atomic mass is 10.0. The van der Waals surface area contributed by atoms with E-state index in [-0.39, 0.29) is 5.60 Å². The molecule has 1 aromatic heterocycles. The predicted molar refractivity (Wildman–Crippen MR) is 96.8 cm³/mol. The Morgan fingerprint density at radius 1 is 1.08 bits per heavy atom. The number of hydrogen-bond donors (Lipinski definition) is 1. The first-order chi connectivity index (χ1) is 12.1. The fraction of sp³-hybridized carbons (Fsp3) is 0.300. The van der Waals surface area contributed by atoms with Crippen LogP contribution >= 0.6 is 0 Å². The van der Waals surface area contributed by atoms with Gasteiger partial charge in [-0.1, -0.05) is 24.3 Å². The fourth-order valence-electron chi connectivity index (χ4n) is 3.23. The Hall–Kier alpha value is -2.66.